The number of nitrogens with zero attached hydrogens (tertiary/aromatic N) is 1. The van der Waals surface area contributed by atoms with E-state index in [1.807, 2.05) is 13.0 Å². The molecule has 0 radical (unpaired) electrons. The topological polar surface area (TPSA) is 51.6 Å². The van der Waals surface area contributed by atoms with Crippen LogP contribution in [0.15, 0.2) is 16.7 Å². The third-order valence-electron chi connectivity index (χ3n) is 3.59. The lowest BCUT2D eigenvalue weighted by Crippen LogP contribution is -2.45. The van der Waals surface area contributed by atoms with Crippen LogP contribution in [0.5, 0.6) is 0 Å². The Morgan fingerprint density at radius 3 is 2.94 bits per heavy atom. The van der Waals surface area contributed by atoms with Gasteiger partial charge in [0.15, 0.2) is 0 Å². The summed E-state index contributed by atoms with van der Waals surface area (Å²) >= 11 is 0. The highest BCUT2D eigenvalue weighted by atomic mass is 16.5. The molecule has 1 aliphatic rings. The predicted molar refractivity (Wildman–Crippen MR) is 66.7 cm³/mol. The molecule has 0 aromatic carbocycles. The number of furan rings is 1. The summed E-state index contributed by atoms with van der Waals surface area (Å²) in [6, 6.07) is 2.32. The highest BCUT2D eigenvalue weighted by Gasteiger charge is 2.28. The Hall–Kier alpha value is -0.840. The van der Waals surface area contributed by atoms with E-state index in [2.05, 4.69) is 11.9 Å². The summed E-state index contributed by atoms with van der Waals surface area (Å²) in [7, 11) is 2.10. The van der Waals surface area contributed by atoms with Gasteiger partial charge in [-0.15, -0.1) is 0 Å². The maximum Gasteiger partial charge on any atom is 0.105 e. The highest BCUT2D eigenvalue weighted by molar-refractivity contribution is 5.15. The van der Waals surface area contributed by atoms with Crippen LogP contribution in [0, 0.1) is 6.92 Å². The average Bonchev–Trinajstić information content (AvgIpc) is 2.93. The second-order valence-corrected chi connectivity index (χ2v) is 4.77. The van der Waals surface area contributed by atoms with E-state index in [0.29, 0.717) is 12.6 Å². The van der Waals surface area contributed by atoms with E-state index in [0.717, 1.165) is 31.8 Å². The molecule has 2 unspecified atom stereocenters. The summed E-state index contributed by atoms with van der Waals surface area (Å²) < 4.78 is 11.0. The van der Waals surface area contributed by atoms with Crippen LogP contribution in [0.1, 0.15) is 24.2 Å². The summed E-state index contributed by atoms with van der Waals surface area (Å²) in [5.74, 6) is 0.986. The largest absolute Gasteiger partial charge is 0.469 e. The van der Waals surface area contributed by atoms with Crippen molar-refractivity contribution in [3.8, 4) is 0 Å². The fourth-order valence-electron chi connectivity index (χ4n) is 2.48. The van der Waals surface area contributed by atoms with Crippen LogP contribution >= 0.6 is 0 Å². The first-order valence-corrected chi connectivity index (χ1v) is 6.27. The molecule has 0 bridgehead atoms. The SMILES string of the molecule is Cc1occc1CN(C)C(CN)C1CCCO1. The van der Waals surface area contributed by atoms with Gasteiger partial charge in [0.05, 0.1) is 12.4 Å². The first kappa shape index (κ1) is 12.6. The number of nitrogens with two attached hydrogens (primary N) is 1. The van der Waals surface area contributed by atoms with Crippen LogP contribution < -0.4 is 5.73 Å². The van der Waals surface area contributed by atoms with Gasteiger partial charge in [-0.1, -0.05) is 0 Å². The Balaban J connectivity index is 1.97. The summed E-state index contributed by atoms with van der Waals surface area (Å²) in [5, 5.41) is 0. The van der Waals surface area contributed by atoms with Crippen LogP contribution in [0.2, 0.25) is 0 Å². The van der Waals surface area contributed by atoms with Crippen molar-refractivity contribution in [3.63, 3.8) is 0 Å². The van der Waals surface area contributed by atoms with E-state index in [4.69, 9.17) is 14.9 Å². The minimum Gasteiger partial charge on any atom is -0.469 e. The molecule has 1 aromatic rings. The van der Waals surface area contributed by atoms with Gasteiger partial charge < -0.3 is 14.9 Å². The smallest absolute Gasteiger partial charge is 0.105 e. The van der Waals surface area contributed by atoms with Gasteiger partial charge >= 0.3 is 0 Å². The standard InChI is InChI=1S/C13H22N2O2/c1-10-11(5-7-16-10)9-15(2)12(8-14)13-4-3-6-17-13/h5,7,12-13H,3-4,6,8-9,14H2,1-2H3. The van der Waals surface area contributed by atoms with E-state index >= 15 is 0 Å². The minimum atomic E-state index is 0.289. The molecule has 17 heavy (non-hydrogen) atoms. The minimum absolute atomic E-state index is 0.289. The van der Waals surface area contributed by atoms with E-state index in [1.165, 1.54) is 5.56 Å². The van der Waals surface area contributed by atoms with Gasteiger partial charge in [0, 0.05) is 31.3 Å². The molecule has 2 N–H and O–H groups in total. The van der Waals surface area contributed by atoms with Crippen molar-refractivity contribution in [1.29, 1.82) is 0 Å². The molecule has 4 nitrogen and oxygen atoms in total. The third-order valence-corrected chi connectivity index (χ3v) is 3.59. The van der Waals surface area contributed by atoms with Crippen molar-refractivity contribution >= 4 is 0 Å². The van der Waals surface area contributed by atoms with E-state index in [1.54, 1.807) is 6.26 Å². The first-order chi connectivity index (χ1) is 8.22. The summed E-state index contributed by atoms with van der Waals surface area (Å²) in [6.07, 6.45) is 4.30. The van der Waals surface area contributed by atoms with Crippen LogP contribution in [-0.2, 0) is 11.3 Å². The normalized spacial score (nSPS) is 22.2. The number of hydrogen-bond acceptors (Lipinski definition) is 4. The Bertz CT molecular complexity index is 345. The number of aryl methyl sites for hydroxylation is 1. The Labute approximate surface area is 103 Å². The van der Waals surface area contributed by atoms with Gasteiger partial charge in [-0.2, -0.15) is 0 Å². The van der Waals surface area contributed by atoms with Crippen molar-refractivity contribution in [2.24, 2.45) is 5.73 Å². The molecular weight excluding hydrogens is 216 g/mol. The third kappa shape index (κ3) is 2.89. The molecule has 0 aliphatic carbocycles. The number of rotatable bonds is 5. The van der Waals surface area contributed by atoms with Crippen LogP contribution in [0.4, 0.5) is 0 Å². The highest BCUT2D eigenvalue weighted by Crippen LogP contribution is 2.20. The van der Waals surface area contributed by atoms with Crippen LogP contribution in [0.25, 0.3) is 0 Å². The molecule has 1 aromatic heterocycles. The fraction of sp³-hybridized carbons (Fsp3) is 0.692. The molecule has 2 atom stereocenters. The Kier molecular flexibility index (Phi) is 4.20. The average molecular weight is 238 g/mol. The second kappa shape index (κ2) is 5.67. The van der Waals surface area contributed by atoms with Crippen molar-refractivity contribution in [2.75, 3.05) is 20.2 Å². The maximum absolute atomic E-state index is 5.88. The molecule has 0 spiro atoms. The number of ether oxygens (including phenoxy) is 1. The van der Waals surface area contributed by atoms with Gasteiger partial charge in [-0.3, -0.25) is 4.90 Å². The summed E-state index contributed by atoms with van der Waals surface area (Å²) in [5.41, 5.74) is 7.10. The summed E-state index contributed by atoms with van der Waals surface area (Å²) in [6.45, 7) is 4.37. The monoisotopic (exact) mass is 238 g/mol. The van der Waals surface area contributed by atoms with Crippen molar-refractivity contribution < 1.29 is 9.15 Å². The molecule has 1 saturated heterocycles. The van der Waals surface area contributed by atoms with Crippen LogP contribution in [-0.4, -0.2) is 37.2 Å². The van der Waals surface area contributed by atoms with Gasteiger partial charge in [0.25, 0.3) is 0 Å². The van der Waals surface area contributed by atoms with Crippen molar-refractivity contribution in [1.82, 2.24) is 4.90 Å². The van der Waals surface area contributed by atoms with Gasteiger partial charge in [-0.05, 0) is 32.9 Å². The zero-order chi connectivity index (χ0) is 12.3. The van der Waals surface area contributed by atoms with Gasteiger partial charge in [-0.25, -0.2) is 0 Å². The van der Waals surface area contributed by atoms with Crippen LogP contribution in [0.3, 0.4) is 0 Å². The number of likely N-dealkylation sites (N-methyl/N-ethyl adjacent to an activating group) is 1. The number of hydrogen-bond donors (Lipinski definition) is 1. The molecular formula is C13H22N2O2. The van der Waals surface area contributed by atoms with E-state index < -0.39 is 0 Å². The molecule has 1 fully saturated rings. The molecule has 0 amide bonds. The molecule has 1 aliphatic heterocycles. The lowest BCUT2D eigenvalue weighted by Gasteiger charge is -2.31. The second-order valence-electron chi connectivity index (χ2n) is 4.77. The summed E-state index contributed by atoms with van der Waals surface area (Å²) in [4.78, 5) is 2.27. The molecule has 0 saturated carbocycles. The van der Waals surface area contributed by atoms with E-state index in [9.17, 15) is 0 Å². The molecule has 2 rings (SSSR count). The van der Waals surface area contributed by atoms with Gasteiger partial charge in [0.2, 0.25) is 0 Å². The zero-order valence-electron chi connectivity index (χ0n) is 10.7. The van der Waals surface area contributed by atoms with E-state index in [-0.39, 0.29) is 6.10 Å². The van der Waals surface area contributed by atoms with Crippen molar-refractivity contribution in [2.45, 2.75) is 38.5 Å². The fourth-order valence-corrected chi connectivity index (χ4v) is 2.48. The molecule has 2 heterocycles. The molecule has 4 heteroatoms. The Morgan fingerprint density at radius 2 is 2.41 bits per heavy atom. The zero-order valence-corrected chi connectivity index (χ0v) is 10.7. The van der Waals surface area contributed by atoms with Gasteiger partial charge in [0.1, 0.15) is 5.76 Å². The lowest BCUT2D eigenvalue weighted by molar-refractivity contribution is 0.0345. The van der Waals surface area contributed by atoms with Crippen molar-refractivity contribution in [3.05, 3.63) is 23.7 Å². The quantitative estimate of drug-likeness (QED) is 0.845. The lowest BCUT2D eigenvalue weighted by atomic mass is 10.1. The molecule has 96 valence electrons. The maximum atomic E-state index is 5.88. The first-order valence-electron chi connectivity index (χ1n) is 6.27. The Morgan fingerprint density at radius 1 is 1.59 bits per heavy atom. The predicted octanol–water partition coefficient (Wildman–Crippen LogP) is 1.53.